The van der Waals surface area contributed by atoms with Crippen molar-refractivity contribution >= 4 is 22.8 Å². The first kappa shape index (κ1) is 27.3. The second-order valence-corrected chi connectivity index (χ2v) is 8.57. The van der Waals surface area contributed by atoms with Gasteiger partial charge in [-0.05, 0) is 99.9 Å². The second kappa shape index (κ2) is 14.4. The van der Waals surface area contributed by atoms with Crippen LogP contribution in [0, 0.1) is 27.7 Å². The Morgan fingerprint density at radius 1 is 0.581 bits per heavy atom. The SMILES string of the molecule is CCCCCCC(=Nc1ccc(C)c(C)c1)C(CCCC)=Nc1ccc(C)c(C)c1.[Ni]. The summed E-state index contributed by atoms with van der Waals surface area (Å²) >= 11 is 0. The van der Waals surface area contributed by atoms with Crippen molar-refractivity contribution < 1.29 is 16.5 Å². The second-order valence-electron chi connectivity index (χ2n) is 8.57. The molecule has 0 bridgehead atoms. The smallest absolute Gasteiger partial charge is 0.0636 e. The Bertz CT molecular complexity index is 881. The largest absolute Gasteiger partial charge is 0.252 e. The molecule has 0 aliphatic carbocycles. The first-order valence-corrected chi connectivity index (χ1v) is 11.7. The van der Waals surface area contributed by atoms with Crippen LogP contribution >= 0.6 is 0 Å². The molecule has 31 heavy (non-hydrogen) atoms. The average molecular weight is 463 g/mol. The molecular formula is C28H40N2Ni. The predicted molar refractivity (Wildman–Crippen MR) is 134 cm³/mol. The van der Waals surface area contributed by atoms with Gasteiger partial charge in [0, 0.05) is 16.5 Å². The van der Waals surface area contributed by atoms with Gasteiger partial charge in [-0.3, -0.25) is 9.98 Å². The van der Waals surface area contributed by atoms with E-state index in [1.165, 1.54) is 60.1 Å². The van der Waals surface area contributed by atoms with Crippen LogP contribution in [-0.4, -0.2) is 11.4 Å². The topological polar surface area (TPSA) is 24.7 Å². The van der Waals surface area contributed by atoms with Crippen molar-refractivity contribution in [2.24, 2.45) is 9.98 Å². The number of aliphatic imine (C=N–C) groups is 2. The molecular weight excluding hydrogens is 423 g/mol. The number of benzene rings is 2. The van der Waals surface area contributed by atoms with E-state index in [-0.39, 0.29) is 16.5 Å². The van der Waals surface area contributed by atoms with E-state index in [9.17, 15) is 0 Å². The maximum atomic E-state index is 5.13. The van der Waals surface area contributed by atoms with E-state index in [0.717, 1.165) is 36.3 Å². The Morgan fingerprint density at radius 3 is 1.45 bits per heavy atom. The van der Waals surface area contributed by atoms with Crippen molar-refractivity contribution in [1.29, 1.82) is 0 Å². The maximum Gasteiger partial charge on any atom is 0.0636 e. The number of rotatable bonds is 11. The van der Waals surface area contributed by atoms with Gasteiger partial charge in [-0.2, -0.15) is 0 Å². The first-order valence-electron chi connectivity index (χ1n) is 11.7. The van der Waals surface area contributed by atoms with E-state index in [2.05, 4.69) is 77.9 Å². The Balaban J connectivity index is 0.00000480. The van der Waals surface area contributed by atoms with Gasteiger partial charge in [-0.1, -0.05) is 51.7 Å². The molecule has 3 heteroatoms. The zero-order valence-corrected chi connectivity index (χ0v) is 21.3. The molecule has 0 aliphatic rings. The van der Waals surface area contributed by atoms with Crippen LogP contribution in [-0.2, 0) is 16.5 Å². The van der Waals surface area contributed by atoms with Gasteiger partial charge in [-0.25, -0.2) is 0 Å². The molecule has 0 aliphatic heterocycles. The fraction of sp³-hybridized carbons (Fsp3) is 0.500. The van der Waals surface area contributed by atoms with E-state index in [1.54, 1.807) is 0 Å². The van der Waals surface area contributed by atoms with Gasteiger partial charge in [0.2, 0.25) is 0 Å². The molecule has 0 spiro atoms. The van der Waals surface area contributed by atoms with Crippen LogP contribution in [0.1, 0.15) is 87.5 Å². The van der Waals surface area contributed by atoms with Gasteiger partial charge < -0.3 is 0 Å². The van der Waals surface area contributed by atoms with Gasteiger partial charge in [-0.15, -0.1) is 0 Å². The van der Waals surface area contributed by atoms with Crippen molar-refractivity contribution in [1.82, 2.24) is 0 Å². The van der Waals surface area contributed by atoms with Crippen molar-refractivity contribution in [3.63, 3.8) is 0 Å². The molecule has 0 radical (unpaired) electrons. The molecule has 0 saturated carbocycles. The van der Waals surface area contributed by atoms with Crippen molar-refractivity contribution in [2.75, 3.05) is 0 Å². The van der Waals surface area contributed by atoms with Gasteiger partial charge in [0.25, 0.3) is 0 Å². The number of unbranched alkanes of at least 4 members (excludes halogenated alkanes) is 4. The van der Waals surface area contributed by atoms with E-state index in [4.69, 9.17) is 9.98 Å². The number of nitrogens with zero attached hydrogens (tertiary/aromatic N) is 2. The fourth-order valence-corrected chi connectivity index (χ4v) is 3.49. The summed E-state index contributed by atoms with van der Waals surface area (Å²) in [6.45, 7) is 13.1. The zero-order chi connectivity index (χ0) is 21.9. The summed E-state index contributed by atoms with van der Waals surface area (Å²) in [4.78, 5) is 10.3. The number of hydrogen-bond donors (Lipinski definition) is 0. The molecule has 172 valence electrons. The minimum Gasteiger partial charge on any atom is -0.252 e. The normalized spacial score (nSPS) is 12.1. The van der Waals surface area contributed by atoms with Gasteiger partial charge in [0.05, 0.1) is 22.8 Å². The summed E-state index contributed by atoms with van der Waals surface area (Å²) in [6.07, 6.45) is 9.27. The Kier molecular flexibility index (Phi) is 12.6. The molecule has 2 aromatic carbocycles. The van der Waals surface area contributed by atoms with Crippen LogP contribution in [0.25, 0.3) is 0 Å². The van der Waals surface area contributed by atoms with Crippen LogP contribution in [0.2, 0.25) is 0 Å². The quantitative estimate of drug-likeness (QED) is 0.181. The molecule has 0 saturated heterocycles. The molecule has 2 nitrogen and oxygen atoms in total. The Labute approximate surface area is 200 Å². The summed E-state index contributed by atoms with van der Waals surface area (Å²) in [5.41, 5.74) is 9.64. The Morgan fingerprint density at radius 2 is 1.03 bits per heavy atom. The summed E-state index contributed by atoms with van der Waals surface area (Å²) in [7, 11) is 0. The van der Waals surface area contributed by atoms with E-state index < -0.39 is 0 Å². The van der Waals surface area contributed by atoms with Crippen LogP contribution in [0.15, 0.2) is 46.4 Å². The molecule has 0 atom stereocenters. The van der Waals surface area contributed by atoms with E-state index >= 15 is 0 Å². The average Bonchev–Trinajstić information content (AvgIpc) is 2.73. The molecule has 0 fully saturated rings. The standard InChI is InChI=1S/C28H40N2.Ni/c1-7-9-11-12-14-28(30-26-18-16-22(4)24(6)20-26)27(13-10-8-2)29-25-17-15-21(3)23(5)19-25;/h15-20H,7-14H2,1-6H3;. The fourth-order valence-electron chi connectivity index (χ4n) is 3.49. The first-order chi connectivity index (χ1) is 14.4. The number of aryl methyl sites for hydroxylation is 4. The molecule has 0 N–H and O–H groups in total. The Hall–Kier alpha value is -1.73. The minimum absolute atomic E-state index is 0. The summed E-state index contributed by atoms with van der Waals surface area (Å²) in [6, 6.07) is 13.0. The molecule has 2 rings (SSSR count). The van der Waals surface area contributed by atoms with Crippen molar-refractivity contribution in [3.05, 3.63) is 58.7 Å². The van der Waals surface area contributed by atoms with Crippen molar-refractivity contribution in [2.45, 2.75) is 92.9 Å². The molecule has 0 amide bonds. The summed E-state index contributed by atoms with van der Waals surface area (Å²) in [5.74, 6) is 0. The zero-order valence-electron chi connectivity index (χ0n) is 20.3. The predicted octanol–water partition coefficient (Wildman–Crippen LogP) is 8.92. The molecule has 2 aromatic rings. The third kappa shape index (κ3) is 9.11. The van der Waals surface area contributed by atoms with Crippen LogP contribution in [0.3, 0.4) is 0 Å². The molecule has 0 aromatic heterocycles. The van der Waals surface area contributed by atoms with Crippen molar-refractivity contribution in [3.8, 4) is 0 Å². The van der Waals surface area contributed by atoms with Gasteiger partial charge >= 0.3 is 0 Å². The monoisotopic (exact) mass is 462 g/mol. The third-order valence-electron chi connectivity index (χ3n) is 5.88. The minimum atomic E-state index is 0. The van der Waals surface area contributed by atoms with Gasteiger partial charge in [0.1, 0.15) is 0 Å². The third-order valence-corrected chi connectivity index (χ3v) is 5.88. The molecule has 0 unspecified atom stereocenters. The summed E-state index contributed by atoms with van der Waals surface area (Å²) < 4.78 is 0. The van der Waals surface area contributed by atoms with Crippen LogP contribution in [0.4, 0.5) is 11.4 Å². The van der Waals surface area contributed by atoms with Crippen LogP contribution in [0.5, 0.6) is 0 Å². The van der Waals surface area contributed by atoms with Gasteiger partial charge in [0.15, 0.2) is 0 Å². The van der Waals surface area contributed by atoms with E-state index in [0.29, 0.717) is 0 Å². The number of hydrogen-bond acceptors (Lipinski definition) is 2. The van der Waals surface area contributed by atoms with Crippen LogP contribution < -0.4 is 0 Å². The van der Waals surface area contributed by atoms with E-state index in [1.807, 2.05) is 0 Å². The summed E-state index contributed by atoms with van der Waals surface area (Å²) in [5, 5.41) is 0. The molecule has 0 heterocycles. The maximum absolute atomic E-state index is 5.13.